The Morgan fingerprint density at radius 2 is 1.77 bits per heavy atom. The van der Waals surface area contributed by atoms with E-state index >= 15 is 0 Å². The number of hydrogen-bond donors (Lipinski definition) is 0. The summed E-state index contributed by atoms with van der Waals surface area (Å²) in [5.74, 6) is -0.261. The van der Waals surface area contributed by atoms with E-state index in [2.05, 4.69) is 34.9 Å². The van der Waals surface area contributed by atoms with Crippen LogP contribution in [0.3, 0.4) is 0 Å². The Kier molecular flexibility index (Phi) is 3.96. The first-order valence-corrected chi connectivity index (χ1v) is 7.53. The highest BCUT2D eigenvalue weighted by atomic mass is 16.6. The maximum absolute atomic E-state index is 11.5. The van der Waals surface area contributed by atoms with Gasteiger partial charge in [-0.2, -0.15) is 0 Å². The predicted octanol–water partition coefficient (Wildman–Crippen LogP) is 4.78. The molecule has 3 heteroatoms. The van der Waals surface area contributed by atoms with Crippen LogP contribution in [-0.4, -0.2) is 10.5 Å². The van der Waals surface area contributed by atoms with Crippen LogP contribution < -0.4 is 0 Å². The van der Waals surface area contributed by atoms with Crippen molar-refractivity contribution in [3.8, 4) is 11.3 Å². The second kappa shape index (κ2) is 6.06. The van der Waals surface area contributed by atoms with Crippen LogP contribution in [0.5, 0.6) is 0 Å². The van der Waals surface area contributed by atoms with E-state index in [4.69, 9.17) is 4.74 Å². The number of esters is 1. The second-order valence-corrected chi connectivity index (χ2v) is 5.30. The van der Waals surface area contributed by atoms with Gasteiger partial charge in [-0.3, -0.25) is 4.79 Å². The maximum Gasteiger partial charge on any atom is 0.304 e. The lowest BCUT2D eigenvalue weighted by molar-refractivity contribution is -0.150. The third kappa shape index (κ3) is 2.62. The molecule has 0 fully saturated rings. The zero-order valence-corrected chi connectivity index (χ0v) is 12.8. The highest BCUT2D eigenvalue weighted by molar-refractivity contribution is 5.87. The molecule has 0 amide bonds. The van der Waals surface area contributed by atoms with Gasteiger partial charge in [0, 0.05) is 18.7 Å². The zero-order chi connectivity index (χ0) is 15.5. The minimum Gasteiger partial charge on any atom is -0.441 e. The Morgan fingerprint density at radius 3 is 2.45 bits per heavy atom. The Bertz CT molecular complexity index is 790. The lowest BCUT2D eigenvalue weighted by atomic mass is 10.1. The molecule has 3 nitrogen and oxygen atoms in total. The first-order chi connectivity index (χ1) is 10.7. The average molecular weight is 293 g/mol. The first-order valence-electron chi connectivity index (χ1n) is 7.53. The van der Waals surface area contributed by atoms with Crippen molar-refractivity contribution < 1.29 is 9.53 Å². The fourth-order valence-corrected chi connectivity index (χ4v) is 2.83. The molecule has 112 valence electrons. The van der Waals surface area contributed by atoms with E-state index in [1.165, 1.54) is 6.92 Å². The molecule has 0 N–H and O–H groups in total. The number of hydrogen-bond acceptors (Lipinski definition) is 2. The van der Waals surface area contributed by atoms with E-state index < -0.39 is 0 Å². The van der Waals surface area contributed by atoms with E-state index in [9.17, 15) is 4.79 Å². The number of fused-ring (bicyclic) bond motifs is 1. The molecular formula is C19H19NO2. The molecule has 0 bridgehead atoms. The van der Waals surface area contributed by atoms with Crippen molar-refractivity contribution in [2.24, 2.45) is 0 Å². The van der Waals surface area contributed by atoms with Gasteiger partial charge in [-0.15, -0.1) is 0 Å². The maximum atomic E-state index is 11.5. The molecule has 0 aliphatic carbocycles. The van der Waals surface area contributed by atoms with E-state index in [1.807, 2.05) is 37.3 Å². The van der Waals surface area contributed by atoms with Gasteiger partial charge in [-0.05, 0) is 17.7 Å². The number of aromatic nitrogens is 1. The van der Waals surface area contributed by atoms with Gasteiger partial charge in [-0.1, -0.05) is 55.5 Å². The molecule has 0 spiro atoms. The smallest absolute Gasteiger partial charge is 0.304 e. The highest BCUT2D eigenvalue weighted by Crippen LogP contribution is 2.33. The van der Waals surface area contributed by atoms with Crippen molar-refractivity contribution >= 4 is 16.9 Å². The van der Waals surface area contributed by atoms with Gasteiger partial charge in [0.2, 0.25) is 0 Å². The number of para-hydroxylation sites is 1. The molecule has 0 saturated heterocycles. The van der Waals surface area contributed by atoms with E-state index in [1.54, 1.807) is 0 Å². The van der Waals surface area contributed by atoms with Gasteiger partial charge in [-0.25, -0.2) is 0 Å². The summed E-state index contributed by atoms with van der Waals surface area (Å²) in [5.41, 5.74) is 3.26. The number of carbonyl (C=O) groups excluding carboxylic acids is 1. The fourth-order valence-electron chi connectivity index (χ4n) is 2.83. The van der Waals surface area contributed by atoms with Crippen LogP contribution in [0.15, 0.2) is 60.7 Å². The Balaban J connectivity index is 2.23. The molecule has 0 aliphatic rings. The number of carbonyl (C=O) groups is 1. The summed E-state index contributed by atoms with van der Waals surface area (Å²) in [5, 5.41) is 1.15. The number of benzene rings is 2. The Labute approximate surface area is 130 Å². The quantitative estimate of drug-likeness (QED) is 0.648. The molecule has 1 atom stereocenters. The van der Waals surface area contributed by atoms with Crippen LogP contribution >= 0.6 is 0 Å². The zero-order valence-electron chi connectivity index (χ0n) is 12.8. The van der Waals surface area contributed by atoms with Crippen molar-refractivity contribution in [3.05, 3.63) is 60.7 Å². The SMILES string of the molecule is CCC(OC(C)=O)n1c(-c2ccccc2)cc2ccccc21. The van der Waals surface area contributed by atoms with Crippen molar-refractivity contribution in [3.63, 3.8) is 0 Å². The molecule has 1 unspecified atom stereocenters. The van der Waals surface area contributed by atoms with E-state index in [0.29, 0.717) is 0 Å². The van der Waals surface area contributed by atoms with Gasteiger partial charge < -0.3 is 9.30 Å². The van der Waals surface area contributed by atoms with Crippen LogP contribution in [0.25, 0.3) is 22.2 Å². The summed E-state index contributed by atoms with van der Waals surface area (Å²) in [7, 11) is 0. The number of nitrogens with zero attached hydrogens (tertiary/aromatic N) is 1. The van der Waals surface area contributed by atoms with Gasteiger partial charge in [0.1, 0.15) is 0 Å². The van der Waals surface area contributed by atoms with Crippen LogP contribution in [0.2, 0.25) is 0 Å². The van der Waals surface area contributed by atoms with Crippen molar-refractivity contribution in [2.45, 2.75) is 26.5 Å². The molecule has 0 saturated carbocycles. The van der Waals surface area contributed by atoms with Gasteiger partial charge >= 0.3 is 5.97 Å². The molecule has 22 heavy (non-hydrogen) atoms. The summed E-state index contributed by atoms with van der Waals surface area (Å²) >= 11 is 0. The molecule has 1 heterocycles. The van der Waals surface area contributed by atoms with Crippen LogP contribution in [0, 0.1) is 0 Å². The molecule has 0 aliphatic heterocycles. The van der Waals surface area contributed by atoms with E-state index in [-0.39, 0.29) is 12.2 Å². The lowest BCUT2D eigenvalue weighted by Gasteiger charge is -2.21. The topological polar surface area (TPSA) is 31.2 Å². The molecule has 1 aromatic heterocycles. The monoisotopic (exact) mass is 293 g/mol. The largest absolute Gasteiger partial charge is 0.441 e. The minimum atomic E-state index is -0.299. The average Bonchev–Trinajstić information content (AvgIpc) is 2.92. The van der Waals surface area contributed by atoms with Crippen LogP contribution in [-0.2, 0) is 9.53 Å². The standard InChI is InChI=1S/C19H19NO2/c1-3-19(22-14(2)21)20-17-12-8-7-11-16(17)13-18(20)15-9-5-4-6-10-15/h4-13,19H,3H2,1-2H3. The number of rotatable bonds is 4. The summed E-state index contributed by atoms with van der Waals surface area (Å²) in [6.07, 6.45) is 0.422. The van der Waals surface area contributed by atoms with Crippen molar-refractivity contribution in [1.29, 1.82) is 0 Å². The fraction of sp³-hybridized carbons (Fsp3) is 0.211. The third-order valence-electron chi connectivity index (χ3n) is 3.76. The predicted molar refractivity (Wildman–Crippen MR) is 88.5 cm³/mol. The highest BCUT2D eigenvalue weighted by Gasteiger charge is 2.19. The summed E-state index contributed by atoms with van der Waals surface area (Å²) in [6.45, 7) is 3.48. The summed E-state index contributed by atoms with van der Waals surface area (Å²) in [4.78, 5) is 11.5. The molecule has 3 aromatic rings. The molecule has 2 aromatic carbocycles. The lowest BCUT2D eigenvalue weighted by Crippen LogP contribution is -2.15. The van der Waals surface area contributed by atoms with Crippen LogP contribution in [0.4, 0.5) is 0 Å². The second-order valence-electron chi connectivity index (χ2n) is 5.30. The normalized spacial score (nSPS) is 12.3. The molecular weight excluding hydrogens is 274 g/mol. The summed E-state index contributed by atoms with van der Waals surface area (Å²) < 4.78 is 7.66. The number of ether oxygens (including phenoxy) is 1. The van der Waals surface area contributed by atoms with Crippen molar-refractivity contribution in [1.82, 2.24) is 4.57 Å². The first kappa shape index (κ1) is 14.4. The van der Waals surface area contributed by atoms with Gasteiger partial charge in [0.25, 0.3) is 0 Å². The van der Waals surface area contributed by atoms with Gasteiger partial charge in [0.05, 0.1) is 11.2 Å². The molecule has 0 radical (unpaired) electrons. The Morgan fingerprint density at radius 1 is 1.09 bits per heavy atom. The van der Waals surface area contributed by atoms with E-state index in [0.717, 1.165) is 28.6 Å². The van der Waals surface area contributed by atoms with Crippen LogP contribution in [0.1, 0.15) is 26.5 Å². The Hall–Kier alpha value is -2.55. The summed E-state index contributed by atoms with van der Waals surface area (Å²) in [6, 6.07) is 20.5. The van der Waals surface area contributed by atoms with Crippen molar-refractivity contribution in [2.75, 3.05) is 0 Å². The molecule has 3 rings (SSSR count). The third-order valence-corrected chi connectivity index (χ3v) is 3.76. The minimum absolute atomic E-state index is 0.261. The van der Waals surface area contributed by atoms with Gasteiger partial charge in [0.15, 0.2) is 6.23 Å².